The van der Waals surface area contributed by atoms with E-state index in [9.17, 15) is 4.79 Å². The molecule has 122 valence electrons. The van der Waals surface area contributed by atoms with Gasteiger partial charge < -0.3 is 9.73 Å². The molecule has 23 heavy (non-hydrogen) atoms. The number of rotatable bonds is 4. The first-order chi connectivity index (χ1) is 11.2. The third-order valence-corrected chi connectivity index (χ3v) is 4.85. The molecule has 0 spiro atoms. The number of amides is 1. The largest absolute Gasteiger partial charge is 0.420 e. The van der Waals surface area contributed by atoms with Crippen LogP contribution in [0.25, 0.3) is 11.5 Å². The second-order valence-corrected chi connectivity index (χ2v) is 6.58. The van der Waals surface area contributed by atoms with Crippen LogP contribution in [-0.4, -0.2) is 27.4 Å². The molecule has 1 fully saturated rings. The van der Waals surface area contributed by atoms with Crippen LogP contribution in [0.15, 0.2) is 34.7 Å². The molecule has 2 aromatic rings. The fourth-order valence-electron chi connectivity index (χ4n) is 2.98. The minimum absolute atomic E-state index is 0.0955. The zero-order chi connectivity index (χ0) is 16.2. The number of thiol groups is 1. The summed E-state index contributed by atoms with van der Waals surface area (Å²) in [6, 6.07) is 9.94. The minimum atomic E-state index is 0.0955. The van der Waals surface area contributed by atoms with Crippen molar-refractivity contribution in [1.82, 2.24) is 15.5 Å². The van der Waals surface area contributed by atoms with E-state index in [0.717, 1.165) is 24.8 Å². The van der Waals surface area contributed by atoms with Gasteiger partial charge in [0.1, 0.15) is 0 Å². The Kier molecular flexibility index (Phi) is 5.00. The van der Waals surface area contributed by atoms with Crippen molar-refractivity contribution < 1.29 is 9.21 Å². The number of nitrogens with one attached hydrogen (secondary N) is 1. The van der Waals surface area contributed by atoms with Crippen molar-refractivity contribution in [2.45, 2.75) is 49.8 Å². The molecule has 3 atom stereocenters. The average Bonchev–Trinajstić information content (AvgIpc) is 3.05. The van der Waals surface area contributed by atoms with E-state index >= 15 is 0 Å². The highest BCUT2D eigenvalue weighted by Crippen LogP contribution is 2.36. The summed E-state index contributed by atoms with van der Waals surface area (Å²) in [5.74, 6) is 1.42. The number of benzene rings is 1. The molecule has 1 amide bonds. The van der Waals surface area contributed by atoms with Crippen LogP contribution in [-0.2, 0) is 4.79 Å². The summed E-state index contributed by atoms with van der Waals surface area (Å²) in [5.41, 5.74) is 0.922. The lowest BCUT2D eigenvalue weighted by Crippen LogP contribution is -2.40. The summed E-state index contributed by atoms with van der Waals surface area (Å²) in [4.78, 5) is 11.5. The Morgan fingerprint density at radius 1 is 1.30 bits per heavy atom. The predicted octanol–water partition coefficient (Wildman–Crippen LogP) is 3.20. The van der Waals surface area contributed by atoms with Gasteiger partial charge in [-0.15, -0.1) is 10.2 Å². The minimum Gasteiger partial charge on any atom is -0.420 e. The first-order valence-electron chi connectivity index (χ1n) is 8.03. The van der Waals surface area contributed by atoms with Crippen molar-refractivity contribution in [3.05, 3.63) is 36.2 Å². The van der Waals surface area contributed by atoms with E-state index in [-0.39, 0.29) is 23.1 Å². The smallest absolute Gasteiger partial charge is 0.247 e. The quantitative estimate of drug-likeness (QED) is 0.844. The van der Waals surface area contributed by atoms with Crippen molar-refractivity contribution >= 4 is 18.5 Å². The normalized spacial score (nSPS) is 24.3. The lowest BCUT2D eigenvalue weighted by molar-refractivity contribution is -0.121. The van der Waals surface area contributed by atoms with Crippen LogP contribution in [0.4, 0.5) is 0 Å². The Morgan fingerprint density at radius 2 is 2.09 bits per heavy atom. The summed E-state index contributed by atoms with van der Waals surface area (Å²) in [6.45, 7) is 1.86. The molecule has 0 saturated heterocycles. The highest BCUT2D eigenvalue weighted by atomic mass is 32.1. The molecule has 1 saturated carbocycles. The van der Waals surface area contributed by atoms with E-state index in [4.69, 9.17) is 17.0 Å². The Bertz CT molecular complexity index is 659. The number of hydrogen-bond acceptors (Lipinski definition) is 5. The lowest BCUT2D eigenvalue weighted by atomic mass is 9.85. The van der Waals surface area contributed by atoms with Gasteiger partial charge in [-0.3, -0.25) is 4.79 Å². The maximum atomic E-state index is 11.5. The molecular weight excluding hydrogens is 310 g/mol. The highest BCUT2D eigenvalue weighted by molar-refractivity contribution is 7.81. The van der Waals surface area contributed by atoms with Gasteiger partial charge >= 0.3 is 0 Å². The number of hydrogen-bond donors (Lipinski definition) is 2. The van der Waals surface area contributed by atoms with E-state index in [1.165, 1.54) is 0 Å². The summed E-state index contributed by atoms with van der Waals surface area (Å²) >= 11 is 4.70. The highest BCUT2D eigenvalue weighted by Gasteiger charge is 2.33. The molecule has 5 nitrogen and oxygen atoms in total. The number of carbonyl (C=O) groups excluding carboxylic acids is 1. The standard InChI is InChI=1S/C17H21N3O2S/c1-2-15(21)18-12-8-9-13(14(23)10-12)17-20-19-16(22-17)11-6-4-3-5-7-11/h3-7,12-14,23H,2,8-10H2,1H3,(H,18,21)/t12-,13+,14-/m1/s1. The van der Waals surface area contributed by atoms with Crippen LogP contribution in [0.3, 0.4) is 0 Å². The molecule has 1 N–H and O–H groups in total. The van der Waals surface area contributed by atoms with E-state index < -0.39 is 0 Å². The molecule has 0 unspecified atom stereocenters. The molecule has 1 aliphatic rings. The molecule has 0 radical (unpaired) electrons. The van der Waals surface area contributed by atoms with Gasteiger partial charge in [-0.1, -0.05) is 25.1 Å². The Morgan fingerprint density at radius 3 is 2.78 bits per heavy atom. The second-order valence-electron chi connectivity index (χ2n) is 5.92. The molecule has 1 heterocycles. The van der Waals surface area contributed by atoms with Gasteiger partial charge in [-0.2, -0.15) is 12.6 Å². The molecule has 1 aliphatic carbocycles. The van der Waals surface area contributed by atoms with Gasteiger partial charge in [0.05, 0.1) is 0 Å². The monoisotopic (exact) mass is 331 g/mol. The fourth-order valence-corrected chi connectivity index (χ4v) is 3.51. The van der Waals surface area contributed by atoms with Crippen LogP contribution < -0.4 is 5.32 Å². The molecule has 0 aliphatic heterocycles. The van der Waals surface area contributed by atoms with Crippen LogP contribution >= 0.6 is 12.6 Å². The molecule has 1 aromatic carbocycles. The van der Waals surface area contributed by atoms with Crippen molar-refractivity contribution in [3.63, 3.8) is 0 Å². The molecule has 3 rings (SSSR count). The van der Waals surface area contributed by atoms with E-state index in [0.29, 0.717) is 18.2 Å². The van der Waals surface area contributed by atoms with Crippen molar-refractivity contribution in [1.29, 1.82) is 0 Å². The fraction of sp³-hybridized carbons (Fsp3) is 0.471. The summed E-state index contributed by atoms with van der Waals surface area (Å²) in [5, 5.41) is 11.5. The predicted molar refractivity (Wildman–Crippen MR) is 91.3 cm³/mol. The number of nitrogens with zero attached hydrogens (tertiary/aromatic N) is 2. The van der Waals surface area contributed by atoms with Crippen molar-refractivity contribution in [2.24, 2.45) is 0 Å². The summed E-state index contributed by atoms with van der Waals surface area (Å²) < 4.78 is 5.86. The SMILES string of the molecule is CCC(=O)N[C@@H]1CC[C@H](c2nnc(-c3ccccc3)o2)[C@H](S)C1. The van der Waals surface area contributed by atoms with E-state index in [1.54, 1.807) is 0 Å². The second kappa shape index (κ2) is 7.17. The summed E-state index contributed by atoms with van der Waals surface area (Å²) in [7, 11) is 0. The van der Waals surface area contributed by atoms with Gasteiger partial charge in [0, 0.05) is 29.2 Å². The molecule has 6 heteroatoms. The van der Waals surface area contributed by atoms with Crippen molar-refractivity contribution in [3.8, 4) is 11.5 Å². The van der Waals surface area contributed by atoms with E-state index in [2.05, 4.69) is 15.5 Å². The Hall–Kier alpha value is -1.82. The third-order valence-electron chi connectivity index (χ3n) is 4.28. The van der Waals surface area contributed by atoms with Crippen LogP contribution in [0, 0.1) is 0 Å². The first-order valence-corrected chi connectivity index (χ1v) is 8.55. The lowest BCUT2D eigenvalue weighted by Gasteiger charge is -2.32. The Balaban J connectivity index is 1.67. The van der Waals surface area contributed by atoms with Crippen LogP contribution in [0.5, 0.6) is 0 Å². The topological polar surface area (TPSA) is 68.0 Å². The van der Waals surface area contributed by atoms with Gasteiger partial charge in [-0.05, 0) is 31.4 Å². The molecule has 0 bridgehead atoms. The third kappa shape index (κ3) is 3.75. The van der Waals surface area contributed by atoms with Crippen molar-refractivity contribution in [2.75, 3.05) is 0 Å². The summed E-state index contributed by atoms with van der Waals surface area (Å²) in [6.07, 6.45) is 3.14. The Labute approximate surface area is 141 Å². The van der Waals surface area contributed by atoms with Gasteiger partial charge in [0.2, 0.25) is 17.7 Å². The zero-order valence-electron chi connectivity index (χ0n) is 13.1. The van der Waals surface area contributed by atoms with Gasteiger partial charge in [0.15, 0.2) is 0 Å². The number of aromatic nitrogens is 2. The van der Waals surface area contributed by atoms with Crippen LogP contribution in [0.2, 0.25) is 0 Å². The number of carbonyl (C=O) groups is 1. The van der Waals surface area contributed by atoms with Gasteiger partial charge in [0.25, 0.3) is 0 Å². The maximum Gasteiger partial charge on any atom is 0.247 e. The maximum absolute atomic E-state index is 11.5. The first kappa shape index (κ1) is 16.1. The van der Waals surface area contributed by atoms with Gasteiger partial charge in [-0.25, -0.2) is 0 Å². The van der Waals surface area contributed by atoms with Crippen LogP contribution in [0.1, 0.15) is 44.4 Å². The molecule has 1 aromatic heterocycles. The average molecular weight is 331 g/mol. The zero-order valence-corrected chi connectivity index (χ0v) is 14.0. The van der Waals surface area contributed by atoms with E-state index in [1.807, 2.05) is 37.3 Å². The molecular formula is C17H21N3O2S.